The van der Waals surface area contributed by atoms with Gasteiger partial charge in [0.15, 0.2) is 0 Å². The van der Waals surface area contributed by atoms with Gasteiger partial charge in [0.1, 0.15) is 0 Å². The molecule has 0 N–H and O–H groups in total. The standard InChI is InChI=1S/C38H27N3/c1-4-13-29(14-5-1)39-26-25-28-23-24-36-37(38(28)39)34-21-10-11-22-35(34)41(36)33-20-12-19-32(27-33)40(30-15-6-2-7-16-30)31-17-8-3-9-18-31/h1-27H. The molecule has 0 fully saturated rings. The Bertz CT molecular complexity index is 2100. The fourth-order valence-corrected chi connectivity index (χ4v) is 6.14. The van der Waals surface area contributed by atoms with Gasteiger partial charge in [-0.3, -0.25) is 0 Å². The van der Waals surface area contributed by atoms with Gasteiger partial charge in [-0.2, -0.15) is 0 Å². The molecule has 194 valence electrons. The number of hydrogen-bond donors (Lipinski definition) is 0. The summed E-state index contributed by atoms with van der Waals surface area (Å²) >= 11 is 0. The highest BCUT2D eigenvalue weighted by atomic mass is 15.1. The molecule has 0 saturated heterocycles. The van der Waals surface area contributed by atoms with Gasteiger partial charge >= 0.3 is 0 Å². The van der Waals surface area contributed by atoms with Crippen LogP contribution in [0.4, 0.5) is 17.1 Å². The SMILES string of the molecule is c1ccc(N(c2ccccc2)c2cccc(-n3c4ccccc4c4c5c(ccc43)ccn5-c3ccccc3)c2)cc1. The summed E-state index contributed by atoms with van der Waals surface area (Å²) in [6.45, 7) is 0. The van der Waals surface area contributed by atoms with Crippen molar-refractivity contribution < 1.29 is 0 Å². The second kappa shape index (κ2) is 9.58. The monoisotopic (exact) mass is 525 g/mol. The van der Waals surface area contributed by atoms with Gasteiger partial charge in [-0.1, -0.05) is 84.9 Å². The smallest absolute Gasteiger partial charge is 0.0628 e. The Labute approximate surface area is 238 Å². The molecule has 0 radical (unpaired) electrons. The quantitative estimate of drug-likeness (QED) is 0.218. The maximum atomic E-state index is 2.41. The number of rotatable bonds is 5. The average molecular weight is 526 g/mol. The first kappa shape index (κ1) is 23.4. The van der Waals surface area contributed by atoms with Crippen LogP contribution in [0, 0.1) is 0 Å². The summed E-state index contributed by atoms with van der Waals surface area (Å²) in [5.41, 5.74) is 9.27. The van der Waals surface area contributed by atoms with Crippen molar-refractivity contribution in [3.05, 3.63) is 164 Å². The normalized spacial score (nSPS) is 11.4. The maximum absolute atomic E-state index is 2.41. The van der Waals surface area contributed by atoms with E-state index in [0.29, 0.717) is 0 Å². The van der Waals surface area contributed by atoms with Crippen molar-refractivity contribution in [2.45, 2.75) is 0 Å². The van der Waals surface area contributed by atoms with E-state index in [2.05, 4.69) is 178 Å². The number of benzene rings is 6. The molecule has 2 heterocycles. The molecule has 3 nitrogen and oxygen atoms in total. The van der Waals surface area contributed by atoms with Gasteiger partial charge in [-0.15, -0.1) is 0 Å². The molecule has 3 heteroatoms. The molecule has 0 amide bonds. The van der Waals surface area contributed by atoms with E-state index in [0.717, 1.165) is 28.4 Å². The van der Waals surface area contributed by atoms with Crippen molar-refractivity contribution in [1.82, 2.24) is 9.13 Å². The average Bonchev–Trinajstić information content (AvgIpc) is 3.62. The minimum atomic E-state index is 1.11. The van der Waals surface area contributed by atoms with Crippen molar-refractivity contribution in [2.75, 3.05) is 4.90 Å². The van der Waals surface area contributed by atoms with Gasteiger partial charge < -0.3 is 14.0 Å². The van der Waals surface area contributed by atoms with Gasteiger partial charge in [0.2, 0.25) is 0 Å². The van der Waals surface area contributed by atoms with Gasteiger partial charge in [-0.05, 0) is 72.8 Å². The van der Waals surface area contributed by atoms with Gasteiger partial charge in [0.05, 0.1) is 16.6 Å². The molecule has 8 rings (SSSR count). The van der Waals surface area contributed by atoms with E-state index >= 15 is 0 Å². The number of para-hydroxylation sites is 4. The zero-order chi connectivity index (χ0) is 27.2. The Morgan fingerprint density at radius 2 is 1.05 bits per heavy atom. The fourth-order valence-electron chi connectivity index (χ4n) is 6.14. The predicted octanol–water partition coefficient (Wildman–Crippen LogP) is 10.2. The molecule has 0 aliphatic rings. The molecular weight excluding hydrogens is 498 g/mol. The Hall–Kier alpha value is -5.54. The first-order chi connectivity index (χ1) is 20.4. The molecule has 6 aromatic carbocycles. The molecule has 0 spiro atoms. The minimum absolute atomic E-state index is 1.11. The van der Waals surface area contributed by atoms with Crippen LogP contribution in [0.5, 0.6) is 0 Å². The highest BCUT2D eigenvalue weighted by Gasteiger charge is 2.19. The molecule has 0 aliphatic heterocycles. The lowest BCUT2D eigenvalue weighted by Gasteiger charge is -2.26. The predicted molar refractivity (Wildman–Crippen MR) is 172 cm³/mol. The van der Waals surface area contributed by atoms with Gasteiger partial charge in [-0.25, -0.2) is 0 Å². The second-order valence-electron chi connectivity index (χ2n) is 10.3. The van der Waals surface area contributed by atoms with Crippen molar-refractivity contribution in [2.24, 2.45) is 0 Å². The van der Waals surface area contributed by atoms with Crippen molar-refractivity contribution in [1.29, 1.82) is 0 Å². The zero-order valence-electron chi connectivity index (χ0n) is 22.4. The number of fused-ring (bicyclic) bond motifs is 5. The van der Waals surface area contributed by atoms with Crippen LogP contribution in [0.2, 0.25) is 0 Å². The molecule has 0 saturated carbocycles. The van der Waals surface area contributed by atoms with Crippen LogP contribution in [0.1, 0.15) is 0 Å². The third kappa shape index (κ3) is 3.82. The summed E-state index contributed by atoms with van der Waals surface area (Å²) in [5, 5.41) is 3.75. The lowest BCUT2D eigenvalue weighted by molar-refractivity contribution is 1.13. The molecule has 2 aromatic heterocycles. The third-order valence-corrected chi connectivity index (χ3v) is 7.90. The van der Waals surface area contributed by atoms with Crippen LogP contribution in [-0.2, 0) is 0 Å². The molecule has 0 aliphatic carbocycles. The molecule has 0 unspecified atom stereocenters. The van der Waals surface area contributed by atoms with Gasteiger partial charge in [0.25, 0.3) is 0 Å². The van der Waals surface area contributed by atoms with E-state index in [1.807, 2.05) is 0 Å². The van der Waals surface area contributed by atoms with E-state index in [1.54, 1.807) is 0 Å². The fraction of sp³-hybridized carbons (Fsp3) is 0. The molecule has 0 atom stereocenters. The van der Waals surface area contributed by atoms with Crippen molar-refractivity contribution >= 4 is 49.8 Å². The summed E-state index contributed by atoms with van der Waals surface area (Å²) < 4.78 is 4.72. The second-order valence-corrected chi connectivity index (χ2v) is 10.3. The topological polar surface area (TPSA) is 13.1 Å². The van der Waals surface area contributed by atoms with Crippen molar-refractivity contribution in [3.63, 3.8) is 0 Å². The maximum Gasteiger partial charge on any atom is 0.0628 e. The first-order valence-electron chi connectivity index (χ1n) is 14.0. The van der Waals surface area contributed by atoms with Crippen LogP contribution in [0.3, 0.4) is 0 Å². The summed E-state index contributed by atoms with van der Waals surface area (Å²) in [6, 6.07) is 56.1. The van der Waals surface area contributed by atoms with E-state index in [-0.39, 0.29) is 0 Å². The summed E-state index contributed by atoms with van der Waals surface area (Å²) in [4.78, 5) is 2.32. The van der Waals surface area contributed by atoms with Crippen LogP contribution < -0.4 is 4.90 Å². The summed E-state index contributed by atoms with van der Waals surface area (Å²) in [6.07, 6.45) is 2.18. The zero-order valence-corrected chi connectivity index (χ0v) is 22.4. The molecule has 41 heavy (non-hydrogen) atoms. The lowest BCUT2D eigenvalue weighted by Crippen LogP contribution is -2.10. The third-order valence-electron chi connectivity index (χ3n) is 7.90. The van der Waals surface area contributed by atoms with Crippen LogP contribution in [0.25, 0.3) is 44.1 Å². The summed E-state index contributed by atoms with van der Waals surface area (Å²) in [7, 11) is 0. The first-order valence-corrected chi connectivity index (χ1v) is 14.0. The molecule has 8 aromatic rings. The Morgan fingerprint density at radius 1 is 0.439 bits per heavy atom. The number of nitrogens with zero attached hydrogens (tertiary/aromatic N) is 3. The van der Waals surface area contributed by atoms with Gasteiger partial charge in [0, 0.05) is 50.8 Å². The Morgan fingerprint density at radius 3 is 1.78 bits per heavy atom. The van der Waals surface area contributed by atoms with Crippen LogP contribution >= 0.6 is 0 Å². The van der Waals surface area contributed by atoms with Crippen molar-refractivity contribution in [3.8, 4) is 11.4 Å². The molecule has 0 bridgehead atoms. The summed E-state index contributed by atoms with van der Waals surface area (Å²) in [5.74, 6) is 0. The Balaban J connectivity index is 1.39. The Kier molecular flexibility index (Phi) is 5.46. The highest BCUT2D eigenvalue weighted by molar-refractivity contribution is 6.20. The minimum Gasteiger partial charge on any atom is -0.316 e. The lowest BCUT2D eigenvalue weighted by atomic mass is 10.1. The van der Waals surface area contributed by atoms with Crippen LogP contribution in [-0.4, -0.2) is 9.13 Å². The number of aromatic nitrogens is 2. The largest absolute Gasteiger partial charge is 0.316 e. The molecular formula is C38H27N3. The number of anilines is 3. The van der Waals surface area contributed by atoms with E-state index in [1.165, 1.54) is 32.7 Å². The van der Waals surface area contributed by atoms with E-state index < -0.39 is 0 Å². The van der Waals surface area contributed by atoms with Crippen LogP contribution in [0.15, 0.2) is 164 Å². The number of hydrogen-bond acceptors (Lipinski definition) is 1. The van der Waals surface area contributed by atoms with E-state index in [9.17, 15) is 0 Å². The highest BCUT2D eigenvalue weighted by Crippen LogP contribution is 2.40. The van der Waals surface area contributed by atoms with E-state index in [4.69, 9.17) is 0 Å².